The monoisotopic (exact) mass is 261 g/mol. The molecule has 1 unspecified atom stereocenters. The van der Waals surface area contributed by atoms with Crippen molar-refractivity contribution in [2.75, 3.05) is 7.05 Å². The van der Waals surface area contributed by atoms with Crippen LogP contribution in [0.25, 0.3) is 0 Å². The van der Waals surface area contributed by atoms with Crippen LogP contribution >= 0.6 is 0 Å². The van der Waals surface area contributed by atoms with Gasteiger partial charge in [-0.2, -0.15) is 0 Å². The van der Waals surface area contributed by atoms with Gasteiger partial charge in [-0.3, -0.25) is 0 Å². The van der Waals surface area contributed by atoms with Crippen LogP contribution in [0.2, 0.25) is 0 Å². The highest BCUT2D eigenvalue weighted by Gasteiger charge is 2.16. The van der Waals surface area contributed by atoms with Crippen LogP contribution in [0, 0.1) is 0 Å². The summed E-state index contributed by atoms with van der Waals surface area (Å²) in [5, 5.41) is 3.32. The molecule has 4 heteroatoms. The van der Waals surface area contributed by atoms with Gasteiger partial charge < -0.3 is 14.3 Å². The van der Waals surface area contributed by atoms with Gasteiger partial charge >= 0.3 is 0 Å². The van der Waals surface area contributed by atoms with Crippen molar-refractivity contribution in [3.8, 4) is 0 Å². The van der Waals surface area contributed by atoms with Gasteiger partial charge in [0.25, 0.3) is 0 Å². The van der Waals surface area contributed by atoms with Gasteiger partial charge in [0, 0.05) is 31.8 Å². The van der Waals surface area contributed by atoms with E-state index in [9.17, 15) is 0 Å². The number of aryl methyl sites for hydroxylation is 2. The van der Waals surface area contributed by atoms with E-state index in [1.165, 1.54) is 0 Å². The maximum absolute atomic E-state index is 5.83. The van der Waals surface area contributed by atoms with Gasteiger partial charge in [0.2, 0.25) is 0 Å². The minimum atomic E-state index is 0.179. The van der Waals surface area contributed by atoms with Gasteiger partial charge in [0.1, 0.15) is 17.3 Å². The van der Waals surface area contributed by atoms with Crippen LogP contribution < -0.4 is 5.32 Å². The summed E-state index contributed by atoms with van der Waals surface area (Å²) in [6.45, 7) is 5.30. The fraction of sp³-hybridized carbons (Fsp3) is 0.533. The van der Waals surface area contributed by atoms with E-state index in [0.29, 0.717) is 0 Å². The predicted molar refractivity (Wildman–Crippen MR) is 76.1 cm³/mol. The Hall–Kier alpha value is -1.55. The molecule has 0 radical (unpaired) electrons. The standard InChI is InChI=1S/C15H23N3O/c1-4-9-18-10-8-17-15(18)11-13(16-3)14-7-6-12(5-2)19-14/h6-8,10,13,16H,4-5,9,11H2,1-3H3. The minimum Gasteiger partial charge on any atom is -0.464 e. The fourth-order valence-corrected chi connectivity index (χ4v) is 2.27. The molecule has 2 aromatic heterocycles. The summed E-state index contributed by atoms with van der Waals surface area (Å²) in [4.78, 5) is 4.46. The number of nitrogens with one attached hydrogen (secondary N) is 1. The molecule has 2 rings (SSSR count). The first-order chi connectivity index (χ1) is 9.28. The maximum Gasteiger partial charge on any atom is 0.121 e. The number of furan rings is 1. The smallest absolute Gasteiger partial charge is 0.121 e. The summed E-state index contributed by atoms with van der Waals surface area (Å²) in [6, 6.07) is 4.30. The zero-order chi connectivity index (χ0) is 13.7. The second-order valence-corrected chi connectivity index (χ2v) is 4.74. The summed E-state index contributed by atoms with van der Waals surface area (Å²) in [6.07, 6.45) is 6.82. The van der Waals surface area contributed by atoms with Crippen molar-refractivity contribution in [3.63, 3.8) is 0 Å². The van der Waals surface area contributed by atoms with E-state index < -0.39 is 0 Å². The number of rotatable bonds is 7. The van der Waals surface area contributed by atoms with Crippen LogP contribution in [-0.4, -0.2) is 16.6 Å². The Morgan fingerprint density at radius 3 is 2.84 bits per heavy atom. The molecule has 0 fully saturated rings. The SMILES string of the molecule is CCCn1ccnc1CC(NC)c1ccc(CC)o1. The lowest BCUT2D eigenvalue weighted by Gasteiger charge is -2.14. The Morgan fingerprint density at radius 2 is 2.21 bits per heavy atom. The summed E-state index contributed by atoms with van der Waals surface area (Å²) in [7, 11) is 1.96. The average Bonchev–Trinajstić information content (AvgIpc) is 3.05. The van der Waals surface area contributed by atoms with E-state index in [1.807, 2.05) is 19.4 Å². The lowest BCUT2D eigenvalue weighted by atomic mass is 10.1. The van der Waals surface area contributed by atoms with Crippen molar-refractivity contribution in [1.82, 2.24) is 14.9 Å². The molecule has 104 valence electrons. The maximum atomic E-state index is 5.83. The van der Waals surface area contributed by atoms with Crippen LogP contribution in [0.3, 0.4) is 0 Å². The van der Waals surface area contributed by atoms with Gasteiger partial charge in [0.15, 0.2) is 0 Å². The zero-order valence-electron chi connectivity index (χ0n) is 12.0. The molecule has 0 aromatic carbocycles. The minimum absolute atomic E-state index is 0.179. The van der Waals surface area contributed by atoms with E-state index in [-0.39, 0.29) is 6.04 Å². The van der Waals surface area contributed by atoms with Crippen LogP contribution in [-0.2, 0) is 19.4 Å². The molecule has 0 aliphatic carbocycles. The zero-order valence-corrected chi connectivity index (χ0v) is 12.0. The molecule has 0 aliphatic rings. The Bertz CT molecular complexity index is 501. The molecule has 4 nitrogen and oxygen atoms in total. The van der Waals surface area contributed by atoms with E-state index in [0.717, 1.165) is 43.2 Å². The van der Waals surface area contributed by atoms with Crippen LogP contribution in [0.15, 0.2) is 28.9 Å². The highest BCUT2D eigenvalue weighted by Crippen LogP contribution is 2.20. The lowest BCUT2D eigenvalue weighted by molar-refractivity contribution is 0.400. The summed E-state index contributed by atoms with van der Waals surface area (Å²) < 4.78 is 8.05. The van der Waals surface area contributed by atoms with Crippen molar-refractivity contribution in [2.24, 2.45) is 0 Å². The highest BCUT2D eigenvalue weighted by atomic mass is 16.3. The molecule has 0 spiro atoms. The van der Waals surface area contributed by atoms with Gasteiger partial charge in [-0.25, -0.2) is 4.98 Å². The molecule has 19 heavy (non-hydrogen) atoms. The molecule has 2 heterocycles. The summed E-state index contributed by atoms with van der Waals surface area (Å²) in [5.74, 6) is 3.13. The Kier molecular flexibility index (Phi) is 4.80. The van der Waals surface area contributed by atoms with Gasteiger partial charge in [-0.05, 0) is 25.6 Å². The normalized spacial score (nSPS) is 12.8. The summed E-state index contributed by atoms with van der Waals surface area (Å²) in [5.41, 5.74) is 0. The number of hydrogen-bond acceptors (Lipinski definition) is 3. The Balaban J connectivity index is 2.12. The van der Waals surface area contributed by atoms with Crippen LogP contribution in [0.4, 0.5) is 0 Å². The molecule has 1 atom stereocenters. The number of aromatic nitrogens is 2. The largest absolute Gasteiger partial charge is 0.464 e. The third-order valence-electron chi connectivity index (χ3n) is 3.38. The van der Waals surface area contributed by atoms with E-state index in [1.54, 1.807) is 0 Å². The highest BCUT2D eigenvalue weighted by molar-refractivity contribution is 5.12. The number of likely N-dealkylation sites (N-methyl/N-ethyl adjacent to an activating group) is 1. The van der Waals surface area contributed by atoms with Gasteiger partial charge in [-0.1, -0.05) is 13.8 Å². The third-order valence-corrected chi connectivity index (χ3v) is 3.38. The molecule has 0 saturated heterocycles. The molecule has 1 N–H and O–H groups in total. The predicted octanol–water partition coefficient (Wildman–Crippen LogP) is 2.95. The van der Waals surface area contributed by atoms with E-state index in [4.69, 9.17) is 4.42 Å². The second-order valence-electron chi connectivity index (χ2n) is 4.74. The molecular formula is C15H23N3O. The fourth-order valence-electron chi connectivity index (χ4n) is 2.27. The van der Waals surface area contributed by atoms with E-state index >= 15 is 0 Å². The lowest BCUT2D eigenvalue weighted by Crippen LogP contribution is -2.20. The van der Waals surface area contributed by atoms with E-state index in [2.05, 4.69) is 40.8 Å². The summed E-state index contributed by atoms with van der Waals surface area (Å²) >= 11 is 0. The molecule has 0 amide bonds. The second kappa shape index (κ2) is 6.57. The topological polar surface area (TPSA) is 43.0 Å². The Morgan fingerprint density at radius 1 is 1.37 bits per heavy atom. The first kappa shape index (κ1) is 13.9. The van der Waals surface area contributed by atoms with Gasteiger partial charge in [0.05, 0.1) is 6.04 Å². The van der Waals surface area contributed by atoms with Crippen molar-refractivity contribution in [3.05, 3.63) is 41.9 Å². The molecule has 2 aromatic rings. The number of hydrogen-bond donors (Lipinski definition) is 1. The number of imidazole rings is 1. The molecule has 0 saturated carbocycles. The van der Waals surface area contributed by atoms with Crippen molar-refractivity contribution >= 4 is 0 Å². The van der Waals surface area contributed by atoms with Gasteiger partial charge in [-0.15, -0.1) is 0 Å². The average molecular weight is 261 g/mol. The van der Waals surface area contributed by atoms with Crippen molar-refractivity contribution < 1.29 is 4.42 Å². The molecular weight excluding hydrogens is 238 g/mol. The third kappa shape index (κ3) is 3.26. The van der Waals surface area contributed by atoms with Crippen molar-refractivity contribution in [2.45, 2.75) is 45.7 Å². The quantitative estimate of drug-likeness (QED) is 0.833. The first-order valence-electron chi connectivity index (χ1n) is 7.04. The first-order valence-corrected chi connectivity index (χ1v) is 7.04. The Labute approximate surface area is 114 Å². The van der Waals surface area contributed by atoms with Crippen LogP contribution in [0.1, 0.15) is 43.7 Å². The number of nitrogens with zero attached hydrogens (tertiary/aromatic N) is 2. The molecule has 0 aliphatic heterocycles. The van der Waals surface area contributed by atoms with Crippen molar-refractivity contribution in [1.29, 1.82) is 0 Å². The van der Waals surface area contributed by atoms with Crippen LogP contribution in [0.5, 0.6) is 0 Å². The molecule has 0 bridgehead atoms.